The van der Waals surface area contributed by atoms with Gasteiger partial charge in [-0.15, -0.1) is 0 Å². The van der Waals surface area contributed by atoms with Crippen molar-refractivity contribution in [1.29, 1.82) is 0 Å². The Kier molecular flexibility index (Phi) is 5.69. The molecule has 0 spiro atoms. The number of ether oxygens (including phenoxy) is 1. The zero-order valence-corrected chi connectivity index (χ0v) is 16.0. The first kappa shape index (κ1) is 19.3. The fourth-order valence-corrected chi connectivity index (χ4v) is 3.81. The van der Waals surface area contributed by atoms with E-state index in [2.05, 4.69) is 10.2 Å². The lowest BCUT2D eigenvalue weighted by Gasteiger charge is -2.35. The molecule has 2 aromatic carbocycles. The molecule has 0 aromatic heterocycles. The molecule has 2 aliphatic heterocycles. The fraction of sp³-hybridized carbons (Fsp3) is 0.318. The van der Waals surface area contributed by atoms with Gasteiger partial charge >= 0.3 is 0 Å². The number of hydrogen-bond donors (Lipinski definition) is 1. The second-order valence-corrected chi connectivity index (χ2v) is 7.12. The highest BCUT2D eigenvalue weighted by atomic mass is 16.5. The minimum Gasteiger partial charge on any atom is -0.379 e. The van der Waals surface area contributed by atoms with Crippen LogP contribution in [0.3, 0.4) is 0 Å². The average Bonchev–Trinajstić information content (AvgIpc) is 3.00. The van der Waals surface area contributed by atoms with Crippen molar-refractivity contribution in [2.24, 2.45) is 0 Å². The normalized spacial score (nSPS) is 17.9. The first-order chi connectivity index (χ1) is 14.1. The maximum absolute atomic E-state index is 12.6. The highest BCUT2D eigenvalue weighted by Crippen LogP contribution is 2.23. The molecule has 0 aliphatic carbocycles. The smallest absolute Gasteiger partial charge is 0.262 e. The molecule has 1 atom stereocenters. The number of nitrogens with one attached hydrogen (secondary N) is 1. The number of benzene rings is 2. The van der Waals surface area contributed by atoms with Crippen LogP contribution in [0.1, 0.15) is 32.3 Å². The standard InChI is InChI=1S/C22H23N3O4/c26-20(15-25-21(27)17-8-4-5-9-18(17)22(25)28)23-14-19(16-6-2-1-3-7-16)24-10-12-29-13-11-24/h1-9,19H,10-15H2,(H,23,26). The summed E-state index contributed by atoms with van der Waals surface area (Å²) in [5.74, 6) is -1.20. The van der Waals surface area contributed by atoms with Gasteiger partial charge in [-0.3, -0.25) is 24.2 Å². The van der Waals surface area contributed by atoms with Gasteiger partial charge in [-0.25, -0.2) is 0 Å². The highest BCUT2D eigenvalue weighted by Gasteiger charge is 2.36. The van der Waals surface area contributed by atoms with Crippen molar-refractivity contribution in [3.8, 4) is 0 Å². The fourth-order valence-electron chi connectivity index (χ4n) is 3.81. The van der Waals surface area contributed by atoms with Gasteiger partial charge in [0.15, 0.2) is 0 Å². The number of nitrogens with zero attached hydrogens (tertiary/aromatic N) is 2. The Hall–Kier alpha value is -3.03. The minimum atomic E-state index is -0.423. The molecule has 3 amide bonds. The maximum atomic E-state index is 12.6. The van der Waals surface area contributed by atoms with Crippen LogP contribution in [0.15, 0.2) is 54.6 Å². The predicted octanol–water partition coefficient (Wildman–Crippen LogP) is 1.47. The molecule has 1 unspecified atom stereocenters. The summed E-state index contributed by atoms with van der Waals surface area (Å²) >= 11 is 0. The summed E-state index contributed by atoms with van der Waals surface area (Å²) in [6, 6.07) is 16.6. The lowest BCUT2D eigenvalue weighted by Crippen LogP contribution is -2.46. The Labute approximate surface area is 169 Å². The van der Waals surface area contributed by atoms with Gasteiger partial charge in [0, 0.05) is 19.6 Å². The Bertz CT molecular complexity index is 874. The Morgan fingerprint density at radius 1 is 0.931 bits per heavy atom. The van der Waals surface area contributed by atoms with Gasteiger partial charge in [0.25, 0.3) is 11.8 Å². The van der Waals surface area contributed by atoms with Crippen LogP contribution in [0.2, 0.25) is 0 Å². The van der Waals surface area contributed by atoms with Gasteiger partial charge < -0.3 is 10.1 Å². The quantitative estimate of drug-likeness (QED) is 0.752. The summed E-state index contributed by atoms with van der Waals surface area (Å²) in [6.45, 7) is 3.00. The van der Waals surface area contributed by atoms with Crippen molar-refractivity contribution in [2.45, 2.75) is 6.04 Å². The largest absolute Gasteiger partial charge is 0.379 e. The molecule has 0 bridgehead atoms. The maximum Gasteiger partial charge on any atom is 0.262 e. The van der Waals surface area contributed by atoms with Crippen LogP contribution < -0.4 is 5.32 Å². The summed E-state index contributed by atoms with van der Waals surface area (Å²) in [6.07, 6.45) is 0. The van der Waals surface area contributed by atoms with Gasteiger partial charge in [0.1, 0.15) is 6.54 Å². The molecule has 2 aliphatic rings. The molecular weight excluding hydrogens is 370 g/mol. The third-order valence-corrected chi connectivity index (χ3v) is 5.34. The van der Waals surface area contributed by atoms with Gasteiger partial charge in [-0.05, 0) is 17.7 Å². The lowest BCUT2D eigenvalue weighted by molar-refractivity contribution is -0.121. The molecule has 29 heavy (non-hydrogen) atoms. The van der Waals surface area contributed by atoms with Crippen molar-refractivity contribution in [1.82, 2.24) is 15.1 Å². The number of rotatable bonds is 6. The third kappa shape index (κ3) is 4.06. The van der Waals surface area contributed by atoms with Crippen LogP contribution in [-0.4, -0.2) is 66.9 Å². The minimum absolute atomic E-state index is 0.00577. The van der Waals surface area contributed by atoms with Crippen LogP contribution in [-0.2, 0) is 9.53 Å². The second kappa shape index (κ2) is 8.55. The molecule has 4 rings (SSSR count). The van der Waals surface area contributed by atoms with Crippen molar-refractivity contribution in [3.05, 3.63) is 71.3 Å². The number of fused-ring (bicyclic) bond motifs is 1. The van der Waals surface area contributed by atoms with Crippen LogP contribution in [0.5, 0.6) is 0 Å². The summed E-state index contributed by atoms with van der Waals surface area (Å²) in [4.78, 5) is 40.7. The van der Waals surface area contributed by atoms with Crippen LogP contribution in [0.4, 0.5) is 0 Å². The van der Waals surface area contributed by atoms with E-state index in [9.17, 15) is 14.4 Å². The van der Waals surface area contributed by atoms with E-state index in [0.717, 1.165) is 23.6 Å². The summed E-state index contributed by atoms with van der Waals surface area (Å²) < 4.78 is 5.44. The van der Waals surface area contributed by atoms with E-state index in [-0.39, 0.29) is 18.5 Å². The van der Waals surface area contributed by atoms with Gasteiger partial charge in [0.05, 0.1) is 30.4 Å². The number of imide groups is 1. The first-order valence-electron chi connectivity index (χ1n) is 9.74. The third-order valence-electron chi connectivity index (χ3n) is 5.34. The van der Waals surface area contributed by atoms with Gasteiger partial charge in [0.2, 0.25) is 5.91 Å². The molecule has 1 fully saturated rings. The molecule has 7 nitrogen and oxygen atoms in total. The number of carbonyl (C=O) groups is 3. The average molecular weight is 393 g/mol. The van der Waals surface area contributed by atoms with Crippen LogP contribution in [0, 0.1) is 0 Å². The molecule has 7 heteroatoms. The van der Waals surface area contributed by atoms with E-state index in [4.69, 9.17) is 4.74 Å². The van der Waals surface area contributed by atoms with Crippen molar-refractivity contribution >= 4 is 17.7 Å². The van der Waals surface area contributed by atoms with E-state index in [0.29, 0.717) is 30.9 Å². The zero-order chi connectivity index (χ0) is 20.2. The Balaban J connectivity index is 1.41. The zero-order valence-electron chi connectivity index (χ0n) is 16.0. The van der Waals surface area contributed by atoms with E-state index >= 15 is 0 Å². The van der Waals surface area contributed by atoms with E-state index in [1.54, 1.807) is 24.3 Å². The molecule has 150 valence electrons. The molecule has 2 heterocycles. The molecule has 2 aromatic rings. The molecule has 0 radical (unpaired) electrons. The number of hydrogen-bond acceptors (Lipinski definition) is 5. The topological polar surface area (TPSA) is 79.0 Å². The molecule has 1 N–H and O–H groups in total. The van der Waals surface area contributed by atoms with Gasteiger partial charge in [-0.1, -0.05) is 42.5 Å². The first-order valence-corrected chi connectivity index (χ1v) is 9.74. The SMILES string of the molecule is O=C(CN1C(=O)c2ccccc2C1=O)NCC(c1ccccc1)N1CCOCC1. The van der Waals surface area contributed by atoms with Crippen LogP contribution >= 0.6 is 0 Å². The number of carbonyl (C=O) groups excluding carboxylic acids is 3. The van der Waals surface area contributed by atoms with E-state index < -0.39 is 11.8 Å². The molecule has 1 saturated heterocycles. The number of amides is 3. The van der Waals surface area contributed by atoms with Gasteiger partial charge in [-0.2, -0.15) is 0 Å². The van der Waals surface area contributed by atoms with Crippen molar-refractivity contribution in [3.63, 3.8) is 0 Å². The lowest BCUT2D eigenvalue weighted by atomic mass is 10.0. The second-order valence-electron chi connectivity index (χ2n) is 7.12. The molecule has 0 saturated carbocycles. The monoisotopic (exact) mass is 393 g/mol. The number of morpholine rings is 1. The predicted molar refractivity (Wildman–Crippen MR) is 106 cm³/mol. The van der Waals surface area contributed by atoms with Crippen molar-refractivity contribution in [2.75, 3.05) is 39.4 Å². The van der Waals surface area contributed by atoms with E-state index in [1.807, 2.05) is 30.3 Å². The Morgan fingerprint density at radius 3 is 2.14 bits per heavy atom. The summed E-state index contributed by atoms with van der Waals surface area (Å²) in [5, 5.41) is 2.91. The summed E-state index contributed by atoms with van der Waals surface area (Å²) in [7, 11) is 0. The van der Waals surface area contributed by atoms with E-state index in [1.165, 1.54) is 0 Å². The Morgan fingerprint density at radius 2 is 1.52 bits per heavy atom. The summed E-state index contributed by atoms with van der Waals surface area (Å²) in [5.41, 5.74) is 1.80. The molecular formula is C22H23N3O4. The van der Waals surface area contributed by atoms with Crippen LogP contribution in [0.25, 0.3) is 0 Å². The highest BCUT2D eigenvalue weighted by molar-refractivity contribution is 6.22. The van der Waals surface area contributed by atoms with Crippen molar-refractivity contribution < 1.29 is 19.1 Å².